The molecule has 1 amide bonds. The number of benzene rings is 2. The Morgan fingerprint density at radius 1 is 1.03 bits per heavy atom. The average molecular weight is 424 g/mol. The Morgan fingerprint density at radius 3 is 2.50 bits per heavy atom. The molecule has 1 fully saturated rings. The summed E-state index contributed by atoms with van der Waals surface area (Å²) in [4.78, 5) is 16.8. The lowest BCUT2D eigenvalue weighted by molar-refractivity contribution is 0.0981. The van der Waals surface area contributed by atoms with Crippen molar-refractivity contribution in [1.82, 2.24) is 9.71 Å². The van der Waals surface area contributed by atoms with Gasteiger partial charge in [0.05, 0.1) is 12.4 Å². The minimum absolute atomic E-state index is 0.195. The van der Waals surface area contributed by atoms with Crippen molar-refractivity contribution in [3.8, 4) is 28.5 Å². The van der Waals surface area contributed by atoms with E-state index in [0.29, 0.717) is 41.3 Å². The molecule has 154 valence electrons. The molecule has 7 nitrogen and oxygen atoms in total. The number of para-hydroxylation sites is 1. The maximum atomic E-state index is 12.6. The van der Waals surface area contributed by atoms with Gasteiger partial charge in [0.15, 0.2) is 0 Å². The average Bonchev–Trinajstić information content (AvgIpc) is 3.61. The van der Waals surface area contributed by atoms with E-state index in [1.54, 1.807) is 30.5 Å². The molecule has 0 atom stereocenters. The predicted molar refractivity (Wildman–Crippen MR) is 112 cm³/mol. The Balaban J connectivity index is 1.74. The van der Waals surface area contributed by atoms with E-state index < -0.39 is 21.2 Å². The minimum atomic E-state index is -3.65. The number of methoxy groups -OCH3 is 1. The number of nitrogens with zero attached hydrogens (tertiary/aromatic N) is 1. The normalized spacial score (nSPS) is 13.5. The van der Waals surface area contributed by atoms with Gasteiger partial charge in [0, 0.05) is 22.9 Å². The van der Waals surface area contributed by atoms with Crippen LogP contribution in [0.3, 0.4) is 0 Å². The Morgan fingerprint density at radius 2 is 1.80 bits per heavy atom. The lowest BCUT2D eigenvalue weighted by Crippen LogP contribution is -2.33. The zero-order valence-corrected chi connectivity index (χ0v) is 17.1. The van der Waals surface area contributed by atoms with Gasteiger partial charge < -0.3 is 9.47 Å². The topological polar surface area (TPSA) is 94.6 Å². The second kappa shape index (κ2) is 8.16. The highest BCUT2D eigenvalue weighted by Gasteiger charge is 2.37. The molecule has 0 saturated heterocycles. The number of hydrogen-bond acceptors (Lipinski definition) is 6. The molecule has 0 aliphatic heterocycles. The Labute approximate surface area is 174 Å². The standard InChI is InChI=1S/C22H20N2O5S/c1-28-22-18(8-5-13-23-22)19-14-15(21(25)24-30(26,27)17-10-11-17)9-12-20(19)29-16-6-3-2-4-7-16/h2-9,12-14,17H,10-11H2,1H3,(H,24,25). The number of hydrogen-bond donors (Lipinski definition) is 1. The van der Waals surface area contributed by atoms with Crippen LogP contribution in [0.2, 0.25) is 0 Å². The molecule has 30 heavy (non-hydrogen) atoms. The first-order valence-electron chi connectivity index (χ1n) is 9.40. The first-order valence-corrected chi connectivity index (χ1v) is 10.9. The molecule has 8 heteroatoms. The molecule has 1 N–H and O–H groups in total. The maximum Gasteiger partial charge on any atom is 0.264 e. The van der Waals surface area contributed by atoms with E-state index in [9.17, 15) is 13.2 Å². The van der Waals surface area contributed by atoms with Crippen molar-refractivity contribution in [3.63, 3.8) is 0 Å². The third-order valence-corrected chi connectivity index (χ3v) is 6.48. The second-order valence-electron chi connectivity index (χ2n) is 6.86. The van der Waals surface area contributed by atoms with E-state index in [4.69, 9.17) is 9.47 Å². The first kappa shape index (κ1) is 19.9. The predicted octanol–water partition coefficient (Wildman–Crippen LogP) is 3.77. The first-order chi connectivity index (χ1) is 14.5. The van der Waals surface area contributed by atoms with Crippen LogP contribution in [-0.2, 0) is 10.0 Å². The van der Waals surface area contributed by atoms with E-state index in [2.05, 4.69) is 9.71 Å². The largest absolute Gasteiger partial charge is 0.481 e. The van der Waals surface area contributed by atoms with E-state index in [1.165, 1.54) is 13.2 Å². The summed E-state index contributed by atoms with van der Waals surface area (Å²) in [6, 6.07) is 17.5. The third-order valence-electron chi connectivity index (χ3n) is 4.67. The molecule has 0 radical (unpaired) electrons. The van der Waals surface area contributed by atoms with Crippen LogP contribution in [0.25, 0.3) is 11.1 Å². The molecule has 1 aromatic heterocycles. The van der Waals surface area contributed by atoms with Gasteiger partial charge in [0.25, 0.3) is 5.91 Å². The fraction of sp³-hybridized carbons (Fsp3) is 0.182. The quantitative estimate of drug-likeness (QED) is 0.620. The molecule has 1 saturated carbocycles. The summed E-state index contributed by atoms with van der Waals surface area (Å²) in [6.07, 6.45) is 2.74. The number of aromatic nitrogens is 1. The van der Waals surface area contributed by atoms with Crippen LogP contribution in [0.4, 0.5) is 0 Å². The molecular weight excluding hydrogens is 404 g/mol. The van der Waals surface area contributed by atoms with Crippen LogP contribution in [0.5, 0.6) is 17.4 Å². The molecule has 4 rings (SSSR count). The minimum Gasteiger partial charge on any atom is -0.481 e. The summed E-state index contributed by atoms with van der Waals surface area (Å²) >= 11 is 0. The molecule has 0 unspecified atom stereocenters. The van der Waals surface area contributed by atoms with E-state index in [-0.39, 0.29) is 5.56 Å². The van der Waals surface area contributed by atoms with Crippen LogP contribution in [-0.4, -0.2) is 31.7 Å². The maximum absolute atomic E-state index is 12.6. The summed E-state index contributed by atoms with van der Waals surface area (Å²) in [5.74, 6) is 0.778. The number of sulfonamides is 1. The number of pyridine rings is 1. The van der Waals surface area contributed by atoms with Gasteiger partial charge in [0.1, 0.15) is 11.5 Å². The van der Waals surface area contributed by atoms with Crippen molar-refractivity contribution in [1.29, 1.82) is 0 Å². The molecule has 2 aromatic carbocycles. The highest BCUT2D eigenvalue weighted by Crippen LogP contribution is 2.38. The zero-order chi connectivity index (χ0) is 21.1. The Hall–Kier alpha value is -3.39. The SMILES string of the molecule is COc1ncccc1-c1cc(C(=O)NS(=O)(=O)C2CC2)ccc1Oc1ccccc1. The fourth-order valence-corrected chi connectivity index (χ4v) is 4.29. The number of carbonyl (C=O) groups excluding carboxylic acids is 1. The lowest BCUT2D eigenvalue weighted by atomic mass is 10.0. The van der Waals surface area contributed by atoms with Gasteiger partial charge in [-0.15, -0.1) is 0 Å². The molecule has 1 aliphatic rings. The van der Waals surface area contributed by atoms with Crippen LogP contribution in [0.15, 0.2) is 66.9 Å². The summed E-state index contributed by atoms with van der Waals surface area (Å²) in [5.41, 5.74) is 1.37. The number of nitrogens with one attached hydrogen (secondary N) is 1. The van der Waals surface area contributed by atoms with Gasteiger partial charge in [-0.1, -0.05) is 18.2 Å². The molecular formula is C22H20N2O5S. The van der Waals surface area contributed by atoms with Gasteiger partial charge in [0.2, 0.25) is 15.9 Å². The lowest BCUT2D eigenvalue weighted by Gasteiger charge is -2.15. The monoisotopic (exact) mass is 424 g/mol. The van der Waals surface area contributed by atoms with Crippen molar-refractivity contribution in [2.75, 3.05) is 7.11 Å². The summed E-state index contributed by atoms with van der Waals surface area (Å²) in [5, 5.41) is -0.486. The summed E-state index contributed by atoms with van der Waals surface area (Å²) in [7, 11) is -2.15. The summed E-state index contributed by atoms with van der Waals surface area (Å²) in [6.45, 7) is 0. The van der Waals surface area contributed by atoms with Crippen LogP contribution >= 0.6 is 0 Å². The number of rotatable bonds is 7. The molecule has 1 aliphatic carbocycles. The van der Waals surface area contributed by atoms with Gasteiger partial charge >= 0.3 is 0 Å². The van der Waals surface area contributed by atoms with E-state index in [1.807, 2.05) is 30.3 Å². The molecule has 0 spiro atoms. The Bertz CT molecular complexity index is 1180. The zero-order valence-electron chi connectivity index (χ0n) is 16.2. The molecule has 3 aromatic rings. The smallest absolute Gasteiger partial charge is 0.264 e. The second-order valence-corrected chi connectivity index (χ2v) is 8.82. The van der Waals surface area contributed by atoms with Crippen LogP contribution in [0.1, 0.15) is 23.2 Å². The van der Waals surface area contributed by atoms with Crippen LogP contribution in [0, 0.1) is 0 Å². The summed E-state index contributed by atoms with van der Waals surface area (Å²) < 4.78 is 37.8. The number of carbonyl (C=O) groups is 1. The highest BCUT2D eigenvalue weighted by molar-refractivity contribution is 7.91. The van der Waals surface area contributed by atoms with Crippen molar-refractivity contribution in [2.45, 2.75) is 18.1 Å². The van der Waals surface area contributed by atoms with Crippen molar-refractivity contribution >= 4 is 15.9 Å². The van der Waals surface area contributed by atoms with Gasteiger partial charge in [-0.3, -0.25) is 4.79 Å². The van der Waals surface area contributed by atoms with Gasteiger partial charge in [-0.25, -0.2) is 18.1 Å². The number of ether oxygens (including phenoxy) is 2. The molecule has 0 bridgehead atoms. The van der Waals surface area contributed by atoms with Gasteiger partial charge in [-0.2, -0.15) is 0 Å². The van der Waals surface area contributed by atoms with Gasteiger partial charge in [-0.05, 0) is 55.3 Å². The van der Waals surface area contributed by atoms with Crippen LogP contribution < -0.4 is 14.2 Å². The highest BCUT2D eigenvalue weighted by atomic mass is 32.2. The van der Waals surface area contributed by atoms with Crippen molar-refractivity contribution in [2.24, 2.45) is 0 Å². The van der Waals surface area contributed by atoms with Crippen molar-refractivity contribution < 1.29 is 22.7 Å². The van der Waals surface area contributed by atoms with E-state index >= 15 is 0 Å². The van der Waals surface area contributed by atoms with E-state index in [0.717, 1.165) is 0 Å². The Kier molecular flexibility index (Phi) is 5.41. The fourth-order valence-electron chi connectivity index (χ4n) is 2.99. The number of amides is 1. The molecule has 1 heterocycles. The third kappa shape index (κ3) is 4.28. The van der Waals surface area contributed by atoms with Crippen molar-refractivity contribution in [3.05, 3.63) is 72.4 Å².